The summed E-state index contributed by atoms with van der Waals surface area (Å²) in [4.78, 5) is 14.1. The van der Waals surface area contributed by atoms with Crippen molar-refractivity contribution in [1.82, 2.24) is 10.2 Å². The maximum absolute atomic E-state index is 12.7. The van der Waals surface area contributed by atoms with E-state index in [4.69, 9.17) is 0 Å². The Kier molecular flexibility index (Phi) is 2.62. The van der Waals surface area contributed by atoms with Crippen LogP contribution in [0, 0.1) is 17.8 Å². The van der Waals surface area contributed by atoms with E-state index in [1.807, 2.05) is 4.90 Å². The highest BCUT2D eigenvalue weighted by Gasteiger charge is 2.40. The van der Waals surface area contributed by atoms with Crippen molar-refractivity contribution in [3.8, 4) is 0 Å². The fourth-order valence-electron chi connectivity index (χ4n) is 3.29. The molecule has 2 heterocycles. The van der Waals surface area contributed by atoms with Crippen LogP contribution in [0.25, 0.3) is 0 Å². The van der Waals surface area contributed by atoms with Crippen molar-refractivity contribution in [2.45, 2.75) is 25.4 Å². The van der Waals surface area contributed by atoms with Gasteiger partial charge in [-0.2, -0.15) is 0 Å². The summed E-state index contributed by atoms with van der Waals surface area (Å²) < 4.78 is 12.7. The van der Waals surface area contributed by atoms with Gasteiger partial charge in [0, 0.05) is 19.0 Å². The summed E-state index contributed by atoms with van der Waals surface area (Å²) in [5.41, 5.74) is 0. The first-order chi connectivity index (χ1) is 7.72. The van der Waals surface area contributed by atoms with Crippen molar-refractivity contribution >= 4 is 5.91 Å². The molecule has 16 heavy (non-hydrogen) atoms. The van der Waals surface area contributed by atoms with Gasteiger partial charge in [0.1, 0.15) is 6.17 Å². The summed E-state index contributed by atoms with van der Waals surface area (Å²) in [6, 6.07) is 0. The summed E-state index contributed by atoms with van der Waals surface area (Å²) in [5.74, 6) is 1.45. The number of nitrogens with one attached hydrogen (secondary N) is 1. The van der Waals surface area contributed by atoms with Gasteiger partial charge in [-0.15, -0.1) is 0 Å². The van der Waals surface area contributed by atoms with E-state index in [-0.39, 0.29) is 11.8 Å². The first kappa shape index (κ1) is 10.5. The average Bonchev–Trinajstić information content (AvgIpc) is 2.23. The first-order valence-electron chi connectivity index (χ1n) is 6.36. The van der Waals surface area contributed by atoms with Crippen LogP contribution in [-0.4, -0.2) is 43.2 Å². The average molecular weight is 226 g/mol. The number of rotatable bonds is 1. The van der Waals surface area contributed by atoms with Gasteiger partial charge >= 0.3 is 0 Å². The Bertz CT molecular complexity index is 279. The zero-order valence-electron chi connectivity index (χ0n) is 9.49. The van der Waals surface area contributed by atoms with E-state index in [2.05, 4.69) is 5.32 Å². The smallest absolute Gasteiger partial charge is 0.225 e. The maximum atomic E-state index is 12.7. The van der Waals surface area contributed by atoms with Gasteiger partial charge in [0.2, 0.25) is 5.91 Å². The molecule has 0 spiro atoms. The molecule has 90 valence electrons. The lowest BCUT2D eigenvalue weighted by Crippen LogP contribution is -2.55. The Morgan fingerprint density at radius 2 is 1.75 bits per heavy atom. The molecule has 3 aliphatic rings. The zero-order chi connectivity index (χ0) is 11.1. The molecule has 2 atom stereocenters. The number of piperidine rings is 2. The predicted molar refractivity (Wildman–Crippen MR) is 58.7 cm³/mol. The third kappa shape index (κ3) is 1.83. The number of hydrogen-bond acceptors (Lipinski definition) is 2. The normalized spacial score (nSPS) is 42.7. The molecule has 1 aliphatic carbocycles. The molecule has 1 saturated carbocycles. The number of alkyl halides is 1. The molecule has 0 aromatic heterocycles. The fraction of sp³-hybridized carbons (Fsp3) is 0.917. The number of halogens is 1. The van der Waals surface area contributed by atoms with Gasteiger partial charge in [-0.3, -0.25) is 4.79 Å². The number of hydrogen-bond donors (Lipinski definition) is 1. The fourth-order valence-corrected chi connectivity index (χ4v) is 3.29. The van der Waals surface area contributed by atoms with Crippen LogP contribution in [0.3, 0.4) is 0 Å². The third-order valence-electron chi connectivity index (χ3n) is 4.23. The molecular weight excluding hydrogens is 207 g/mol. The summed E-state index contributed by atoms with van der Waals surface area (Å²) in [5, 5.41) is 3.41. The maximum Gasteiger partial charge on any atom is 0.225 e. The number of nitrogens with zero attached hydrogens (tertiary/aromatic N) is 1. The number of amides is 1. The number of fused-ring (bicyclic) bond motifs is 2. The molecule has 3 nitrogen and oxygen atoms in total. The summed E-state index contributed by atoms with van der Waals surface area (Å²) in [7, 11) is 0. The van der Waals surface area contributed by atoms with E-state index < -0.39 is 6.17 Å². The van der Waals surface area contributed by atoms with Crippen LogP contribution < -0.4 is 5.32 Å². The highest BCUT2D eigenvalue weighted by Crippen LogP contribution is 2.34. The summed E-state index contributed by atoms with van der Waals surface area (Å²) in [6.07, 6.45) is 1.46. The molecule has 2 bridgehead atoms. The van der Waals surface area contributed by atoms with Crippen molar-refractivity contribution in [2.24, 2.45) is 17.8 Å². The molecule has 3 fully saturated rings. The zero-order valence-corrected chi connectivity index (χ0v) is 9.49. The van der Waals surface area contributed by atoms with Gasteiger partial charge in [-0.25, -0.2) is 4.39 Å². The molecular formula is C12H19FN2O. The Morgan fingerprint density at radius 1 is 1.12 bits per heavy atom. The van der Waals surface area contributed by atoms with Crippen LogP contribution in [-0.2, 0) is 4.79 Å². The van der Waals surface area contributed by atoms with Crippen LogP contribution in [0.15, 0.2) is 0 Å². The number of carbonyl (C=O) groups is 1. The second-order valence-corrected chi connectivity index (χ2v) is 5.63. The van der Waals surface area contributed by atoms with Crippen molar-refractivity contribution in [1.29, 1.82) is 0 Å². The van der Waals surface area contributed by atoms with E-state index in [0.717, 1.165) is 26.2 Å². The van der Waals surface area contributed by atoms with Gasteiger partial charge in [-0.1, -0.05) is 0 Å². The highest BCUT2D eigenvalue weighted by molar-refractivity contribution is 5.80. The lowest BCUT2D eigenvalue weighted by atomic mass is 9.80. The van der Waals surface area contributed by atoms with Crippen LogP contribution in [0.1, 0.15) is 19.3 Å². The van der Waals surface area contributed by atoms with Crippen molar-refractivity contribution in [3.05, 3.63) is 0 Å². The van der Waals surface area contributed by atoms with Crippen molar-refractivity contribution in [3.63, 3.8) is 0 Å². The molecule has 0 aromatic rings. The molecule has 2 unspecified atom stereocenters. The van der Waals surface area contributed by atoms with Gasteiger partial charge < -0.3 is 10.2 Å². The largest absolute Gasteiger partial charge is 0.342 e. The van der Waals surface area contributed by atoms with Crippen molar-refractivity contribution in [2.75, 3.05) is 26.2 Å². The topological polar surface area (TPSA) is 32.3 Å². The first-order valence-corrected chi connectivity index (χ1v) is 6.36. The minimum Gasteiger partial charge on any atom is -0.342 e. The van der Waals surface area contributed by atoms with E-state index >= 15 is 0 Å². The van der Waals surface area contributed by atoms with Gasteiger partial charge in [-0.05, 0) is 44.2 Å². The Labute approximate surface area is 95.4 Å². The van der Waals surface area contributed by atoms with Crippen molar-refractivity contribution < 1.29 is 9.18 Å². The molecule has 0 radical (unpaired) electrons. The molecule has 3 rings (SSSR count). The molecule has 2 saturated heterocycles. The second kappa shape index (κ2) is 3.99. The minimum atomic E-state index is -0.722. The predicted octanol–water partition coefficient (Wildman–Crippen LogP) is 0.802. The monoisotopic (exact) mass is 226 g/mol. The van der Waals surface area contributed by atoms with Crippen LogP contribution >= 0.6 is 0 Å². The lowest BCUT2D eigenvalue weighted by molar-refractivity contribution is -0.143. The minimum absolute atomic E-state index is 0.0122. The molecule has 1 N–H and O–H groups in total. The SMILES string of the molecule is O=C(C1CC(F)C1)N1CC2CNCC(C2)C1. The van der Waals surface area contributed by atoms with Crippen LogP contribution in [0.5, 0.6) is 0 Å². The molecule has 4 heteroatoms. The third-order valence-corrected chi connectivity index (χ3v) is 4.23. The van der Waals surface area contributed by atoms with E-state index in [1.165, 1.54) is 6.42 Å². The highest BCUT2D eigenvalue weighted by atomic mass is 19.1. The Morgan fingerprint density at radius 3 is 2.31 bits per heavy atom. The van der Waals surface area contributed by atoms with Gasteiger partial charge in [0.05, 0.1) is 0 Å². The molecule has 0 aromatic carbocycles. The van der Waals surface area contributed by atoms with E-state index in [1.54, 1.807) is 0 Å². The quantitative estimate of drug-likeness (QED) is 0.717. The summed E-state index contributed by atoms with van der Waals surface area (Å²) in [6.45, 7) is 3.85. The van der Waals surface area contributed by atoms with E-state index in [9.17, 15) is 9.18 Å². The number of carbonyl (C=O) groups excluding carboxylic acids is 1. The number of likely N-dealkylation sites (tertiary alicyclic amines) is 1. The Hall–Kier alpha value is -0.640. The van der Waals surface area contributed by atoms with Gasteiger partial charge in [0.25, 0.3) is 0 Å². The van der Waals surface area contributed by atoms with E-state index in [0.29, 0.717) is 24.7 Å². The lowest BCUT2D eigenvalue weighted by Gasteiger charge is -2.44. The summed E-state index contributed by atoms with van der Waals surface area (Å²) >= 11 is 0. The van der Waals surface area contributed by atoms with Gasteiger partial charge in [0.15, 0.2) is 0 Å². The Balaban J connectivity index is 1.60. The van der Waals surface area contributed by atoms with Crippen LogP contribution in [0.4, 0.5) is 4.39 Å². The molecule has 2 aliphatic heterocycles. The second-order valence-electron chi connectivity index (χ2n) is 5.63. The standard InChI is InChI=1S/C12H19FN2O/c13-11-2-10(3-11)12(16)15-6-8-1-9(7-15)5-14-4-8/h8-11,14H,1-7H2. The van der Waals surface area contributed by atoms with Crippen LogP contribution in [0.2, 0.25) is 0 Å². The molecule has 1 amide bonds.